The molecule has 1 fully saturated rings. The summed E-state index contributed by atoms with van der Waals surface area (Å²) in [6, 6.07) is 3.66. The van der Waals surface area contributed by atoms with Gasteiger partial charge < -0.3 is 19.1 Å². The minimum absolute atomic E-state index is 0.0253. The number of benzene rings is 1. The summed E-state index contributed by atoms with van der Waals surface area (Å²) >= 11 is 0. The minimum Gasteiger partial charge on any atom is -0.473 e. The van der Waals surface area contributed by atoms with E-state index in [4.69, 9.17) is 19.2 Å². The van der Waals surface area contributed by atoms with Gasteiger partial charge in [0.1, 0.15) is 11.5 Å². The fourth-order valence-electron chi connectivity index (χ4n) is 3.33. The second-order valence-electron chi connectivity index (χ2n) is 6.61. The molecule has 2 bridgehead atoms. The number of hydrogen-bond donors (Lipinski definition) is 0. The van der Waals surface area contributed by atoms with Crippen LogP contribution in [0.2, 0.25) is 0 Å². The van der Waals surface area contributed by atoms with Gasteiger partial charge in [-0.15, -0.1) is 0 Å². The van der Waals surface area contributed by atoms with Gasteiger partial charge in [-0.25, -0.2) is 4.99 Å². The van der Waals surface area contributed by atoms with Crippen LogP contribution in [0.4, 0.5) is 5.69 Å². The third-order valence-electron chi connectivity index (χ3n) is 4.67. The molecule has 4 aliphatic rings. The molecule has 4 heterocycles. The zero-order chi connectivity index (χ0) is 20.3. The lowest BCUT2D eigenvalue weighted by Crippen LogP contribution is -2.37. The molecule has 0 aliphatic carbocycles. The molecule has 0 radical (unpaired) electrons. The van der Waals surface area contributed by atoms with Crippen molar-refractivity contribution in [1.29, 1.82) is 0 Å². The van der Waals surface area contributed by atoms with Gasteiger partial charge in [0.25, 0.3) is 0 Å². The van der Waals surface area contributed by atoms with Gasteiger partial charge in [-0.05, 0) is 24.3 Å². The Morgan fingerprint density at radius 1 is 1.07 bits per heavy atom. The van der Waals surface area contributed by atoms with Crippen LogP contribution >= 0.6 is 0 Å². The Morgan fingerprint density at radius 3 is 2.97 bits per heavy atom. The van der Waals surface area contributed by atoms with Gasteiger partial charge in [0.15, 0.2) is 11.5 Å². The summed E-state index contributed by atoms with van der Waals surface area (Å²) in [6.07, 6.45) is 14.7. The van der Waals surface area contributed by atoms with Crippen LogP contribution in [0.25, 0.3) is 0 Å². The molecule has 9 heteroatoms. The second-order valence-corrected chi connectivity index (χ2v) is 6.61. The Kier molecular flexibility index (Phi) is 4.60. The summed E-state index contributed by atoms with van der Waals surface area (Å²) in [5.74, 6) is 1.61. The lowest BCUT2D eigenvalue weighted by atomic mass is 10.1. The van der Waals surface area contributed by atoms with E-state index in [1.54, 1.807) is 41.9 Å². The van der Waals surface area contributed by atoms with E-state index in [0.29, 0.717) is 36.2 Å². The predicted octanol–water partition coefficient (Wildman–Crippen LogP) is 2.46. The lowest BCUT2D eigenvalue weighted by Gasteiger charge is -2.25. The van der Waals surface area contributed by atoms with E-state index >= 15 is 0 Å². The Morgan fingerprint density at radius 2 is 2.00 bits per heavy atom. The Bertz CT molecular complexity index is 1100. The van der Waals surface area contributed by atoms with Crippen LogP contribution in [0.15, 0.2) is 76.0 Å². The lowest BCUT2D eigenvalue weighted by molar-refractivity contribution is -0.123. The monoisotopic (exact) mass is 403 g/mol. The first-order chi connectivity index (χ1) is 14.8. The molecular weight excluding hydrogens is 386 g/mol. The van der Waals surface area contributed by atoms with Crippen molar-refractivity contribution in [1.82, 2.24) is 9.80 Å². The van der Waals surface area contributed by atoms with Gasteiger partial charge in [-0.1, -0.05) is 0 Å². The smallest absolute Gasteiger partial charge is 0.249 e. The maximum atomic E-state index is 12.5. The molecule has 150 valence electrons. The van der Waals surface area contributed by atoms with E-state index in [0.717, 1.165) is 11.1 Å². The highest BCUT2D eigenvalue weighted by Gasteiger charge is 2.35. The van der Waals surface area contributed by atoms with Gasteiger partial charge in [-0.3, -0.25) is 19.7 Å². The SMILES string of the molecule is O=C1CN2C=C3C=COC=CC=NC=CN=Cc4ccc5c(c4N=C3N1C2)OCO5. The maximum absolute atomic E-state index is 12.5. The highest BCUT2D eigenvalue weighted by atomic mass is 16.7. The third kappa shape index (κ3) is 3.37. The number of amides is 1. The average Bonchev–Trinajstić information content (AvgIpc) is 3.33. The Labute approximate surface area is 172 Å². The van der Waals surface area contributed by atoms with Gasteiger partial charge in [0.05, 0.1) is 25.7 Å². The van der Waals surface area contributed by atoms with Crippen LogP contribution in [0.1, 0.15) is 5.56 Å². The number of amidine groups is 1. The number of hydrogen-bond acceptors (Lipinski definition) is 8. The molecule has 1 amide bonds. The van der Waals surface area contributed by atoms with Crippen molar-refractivity contribution in [2.24, 2.45) is 15.0 Å². The number of carbonyl (C=O) groups excluding carboxylic acids is 1. The molecule has 4 aliphatic heterocycles. The van der Waals surface area contributed by atoms with E-state index in [9.17, 15) is 4.79 Å². The fourth-order valence-corrected chi connectivity index (χ4v) is 3.33. The summed E-state index contributed by atoms with van der Waals surface area (Å²) in [7, 11) is 0. The van der Waals surface area contributed by atoms with Crippen molar-refractivity contribution in [3.63, 3.8) is 0 Å². The highest BCUT2D eigenvalue weighted by Crippen LogP contribution is 2.43. The van der Waals surface area contributed by atoms with Crippen molar-refractivity contribution in [2.75, 3.05) is 20.0 Å². The number of allylic oxidation sites excluding steroid dienone is 1. The summed E-state index contributed by atoms with van der Waals surface area (Å²) in [4.78, 5) is 29.3. The normalized spacial score (nSPS) is 19.4. The largest absolute Gasteiger partial charge is 0.473 e. The van der Waals surface area contributed by atoms with Crippen LogP contribution in [0.5, 0.6) is 11.5 Å². The quantitative estimate of drug-likeness (QED) is 0.664. The van der Waals surface area contributed by atoms with Crippen LogP contribution in [-0.2, 0) is 9.53 Å². The molecule has 1 aromatic carbocycles. The third-order valence-corrected chi connectivity index (χ3v) is 4.67. The van der Waals surface area contributed by atoms with E-state index in [1.807, 2.05) is 23.2 Å². The number of carbonyl (C=O) groups is 1. The van der Waals surface area contributed by atoms with Gasteiger partial charge in [-0.2, -0.15) is 0 Å². The van der Waals surface area contributed by atoms with Crippen molar-refractivity contribution >= 4 is 29.9 Å². The van der Waals surface area contributed by atoms with Crippen molar-refractivity contribution in [3.8, 4) is 11.5 Å². The number of nitrogens with zero attached hydrogens (tertiary/aromatic N) is 5. The number of ether oxygens (including phenoxy) is 3. The molecule has 0 saturated carbocycles. The number of fused-ring (bicyclic) bond motifs is 7. The summed E-state index contributed by atoms with van der Waals surface area (Å²) in [5.41, 5.74) is 2.00. The molecule has 0 unspecified atom stereocenters. The van der Waals surface area contributed by atoms with Crippen LogP contribution in [0, 0.1) is 0 Å². The molecule has 1 aromatic rings. The van der Waals surface area contributed by atoms with Crippen LogP contribution in [-0.4, -0.2) is 54.0 Å². The molecule has 0 spiro atoms. The zero-order valence-electron chi connectivity index (χ0n) is 15.8. The molecule has 0 N–H and O–H groups in total. The van der Waals surface area contributed by atoms with E-state index in [1.165, 1.54) is 12.5 Å². The zero-order valence-corrected chi connectivity index (χ0v) is 15.8. The molecule has 0 aromatic heterocycles. The summed E-state index contributed by atoms with van der Waals surface area (Å²) in [5, 5.41) is 0. The predicted molar refractivity (Wildman–Crippen MR) is 111 cm³/mol. The maximum Gasteiger partial charge on any atom is 0.249 e. The van der Waals surface area contributed by atoms with Gasteiger partial charge in [0.2, 0.25) is 12.7 Å². The van der Waals surface area contributed by atoms with Crippen molar-refractivity contribution in [3.05, 3.63) is 66.5 Å². The number of aliphatic imine (C=N–C) groups is 3. The molecule has 5 rings (SSSR count). The molecule has 1 saturated heterocycles. The van der Waals surface area contributed by atoms with Gasteiger partial charge in [0, 0.05) is 42.2 Å². The highest BCUT2D eigenvalue weighted by molar-refractivity contribution is 6.13. The van der Waals surface area contributed by atoms with E-state index in [2.05, 4.69) is 9.98 Å². The van der Waals surface area contributed by atoms with Gasteiger partial charge >= 0.3 is 0 Å². The summed E-state index contributed by atoms with van der Waals surface area (Å²) < 4.78 is 16.6. The van der Waals surface area contributed by atoms with Crippen LogP contribution in [0.3, 0.4) is 0 Å². The Balaban J connectivity index is 1.67. The Hall–Kier alpha value is -4.14. The first-order valence-corrected chi connectivity index (χ1v) is 9.26. The first-order valence-electron chi connectivity index (χ1n) is 9.26. The van der Waals surface area contributed by atoms with Crippen molar-refractivity contribution in [2.45, 2.75) is 0 Å². The topological polar surface area (TPSA) is 88.3 Å². The van der Waals surface area contributed by atoms with E-state index in [-0.39, 0.29) is 12.7 Å². The standard InChI is InChI=1S/C21H17N5O4/c27-18-12-25-11-16-4-9-28-8-1-5-22-6-7-23-10-15-2-3-17-20(30-14-29-17)19(15)24-21(16)26(18)13-25/h1-11H,12-14H2. The molecule has 30 heavy (non-hydrogen) atoms. The molecule has 0 atom stereocenters. The van der Waals surface area contributed by atoms with Crippen molar-refractivity contribution < 1.29 is 19.0 Å². The second kappa shape index (κ2) is 7.70. The van der Waals surface area contributed by atoms with E-state index < -0.39 is 0 Å². The average molecular weight is 403 g/mol. The van der Waals surface area contributed by atoms with Crippen LogP contribution < -0.4 is 9.47 Å². The number of rotatable bonds is 0. The summed E-state index contributed by atoms with van der Waals surface area (Å²) in [6.45, 7) is 0.867. The molecule has 9 nitrogen and oxygen atoms in total. The minimum atomic E-state index is -0.0253. The first kappa shape index (κ1) is 17.9. The molecular formula is C21H17N5O4. The fraction of sp³-hybridized carbons (Fsp3) is 0.143.